The molecule has 3 N–H and O–H groups in total. The molecule has 1 rings (SSSR count). The van der Waals surface area contributed by atoms with Crippen LogP contribution in [0.5, 0.6) is 0 Å². The largest absolute Gasteiger partial charge is 0.394 e. The van der Waals surface area contributed by atoms with Gasteiger partial charge in [0.05, 0.1) is 19.8 Å². The maximum atomic E-state index is 12.7. The second kappa shape index (κ2) is 4.84. The number of hydrogen-bond donors (Lipinski definition) is 3. The molecule has 0 aliphatic carbocycles. The van der Waals surface area contributed by atoms with E-state index in [1.54, 1.807) is 0 Å². The van der Waals surface area contributed by atoms with Crippen molar-refractivity contribution >= 4 is 16.1 Å². The second-order valence-electron chi connectivity index (χ2n) is 4.00. The predicted octanol–water partition coefficient (Wildman–Crippen LogP) is -2.40. The number of halogens is 1. The van der Waals surface area contributed by atoms with Gasteiger partial charge in [-0.3, -0.25) is 4.79 Å². The van der Waals surface area contributed by atoms with Crippen LogP contribution in [-0.2, 0) is 15.0 Å². The summed E-state index contributed by atoms with van der Waals surface area (Å²) in [5.41, 5.74) is -1.66. The fraction of sp³-hybridized carbons (Fsp3) is 0.875. The number of amides is 1. The third-order valence-electron chi connectivity index (χ3n) is 2.94. The van der Waals surface area contributed by atoms with E-state index in [4.69, 9.17) is 15.3 Å². The molecule has 0 aromatic rings. The van der Waals surface area contributed by atoms with E-state index in [0.717, 1.165) is 4.90 Å². The van der Waals surface area contributed by atoms with Crippen LogP contribution in [-0.4, -0.2) is 71.7 Å². The third-order valence-corrected chi connectivity index (χ3v) is 4.06. The van der Waals surface area contributed by atoms with Gasteiger partial charge in [-0.2, -0.15) is 8.42 Å². The van der Waals surface area contributed by atoms with Gasteiger partial charge in [0.2, 0.25) is 5.91 Å². The number of rotatable bonds is 5. The van der Waals surface area contributed by atoms with Crippen LogP contribution in [0.2, 0.25) is 0 Å². The van der Waals surface area contributed by atoms with Crippen LogP contribution >= 0.6 is 0 Å². The summed E-state index contributed by atoms with van der Waals surface area (Å²) in [6.07, 6.45) is -0.555. The third kappa shape index (κ3) is 2.57. The molecular formula is C8H14FNO6S. The maximum absolute atomic E-state index is 12.7. The van der Waals surface area contributed by atoms with E-state index >= 15 is 0 Å². The minimum Gasteiger partial charge on any atom is -0.394 e. The molecule has 1 aliphatic rings. The number of hydrogen-bond acceptors (Lipinski definition) is 6. The quantitative estimate of drug-likeness (QED) is 0.480. The Kier molecular flexibility index (Phi) is 4.07. The Morgan fingerprint density at radius 3 is 2.06 bits per heavy atom. The van der Waals surface area contributed by atoms with E-state index in [0.29, 0.717) is 0 Å². The van der Waals surface area contributed by atoms with E-state index in [1.807, 2.05) is 0 Å². The lowest BCUT2D eigenvalue weighted by molar-refractivity contribution is -0.140. The van der Waals surface area contributed by atoms with Crippen molar-refractivity contribution in [3.05, 3.63) is 0 Å². The van der Waals surface area contributed by atoms with Gasteiger partial charge in [-0.25, -0.2) is 0 Å². The van der Waals surface area contributed by atoms with Crippen molar-refractivity contribution in [3.63, 3.8) is 0 Å². The normalized spacial score (nSPS) is 22.2. The number of aliphatic hydroxyl groups excluding tert-OH is 3. The SMILES string of the molecule is O=C1CC(S(=O)(=O)F)CN1C(CO)(CO)CO. The molecule has 0 spiro atoms. The van der Waals surface area contributed by atoms with Crippen LogP contribution in [0.3, 0.4) is 0 Å². The van der Waals surface area contributed by atoms with Crippen molar-refractivity contribution in [2.45, 2.75) is 17.2 Å². The molecular weight excluding hydrogens is 257 g/mol. The Morgan fingerprint density at radius 1 is 1.29 bits per heavy atom. The zero-order valence-corrected chi connectivity index (χ0v) is 9.73. The summed E-state index contributed by atoms with van der Waals surface area (Å²) in [6.45, 7) is -2.72. The van der Waals surface area contributed by atoms with Gasteiger partial charge in [0.25, 0.3) is 0 Å². The first kappa shape index (κ1) is 14.3. The molecule has 1 heterocycles. The first-order valence-corrected chi connectivity index (χ1v) is 6.32. The molecule has 0 radical (unpaired) electrons. The lowest BCUT2D eigenvalue weighted by Crippen LogP contribution is -2.58. The number of nitrogens with zero attached hydrogens (tertiary/aromatic N) is 1. The molecule has 1 saturated heterocycles. The van der Waals surface area contributed by atoms with Crippen LogP contribution in [0.15, 0.2) is 0 Å². The van der Waals surface area contributed by atoms with Gasteiger partial charge in [-0.15, -0.1) is 3.89 Å². The van der Waals surface area contributed by atoms with E-state index in [9.17, 15) is 17.1 Å². The van der Waals surface area contributed by atoms with Crippen molar-refractivity contribution in [2.24, 2.45) is 0 Å². The number of carbonyl (C=O) groups is 1. The number of carbonyl (C=O) groups excluding carboxylic acids is 1. The highest BCUT2D eigenvalue weighted by Gasteiger charge is 2.47. The van der Waals surface area contributed by atoms with Gasteiger partial charge < -0.3 is 20.2 Å². The molecule has 100 valence electrons. The summed E-state index contributed by atoms with van der Waals surface area (Å²) in [5, 5.41) is 25.7. The molecule has 0 aromatic heterocycles. The van der Waals surface area contributed by atoms with Gasteiger partial charge in [0.1, 0.15) is 10.8 Å². The zero-order valence-electron chi connectivity index (χ0n) is 8.91. The molecule has 1 unspecified atom stereocenters. The molecule has 0 aromatic carbocycles. The Morgan fingerprint density at radius 2 is 1.76 bits per heavy atom. The van der Waals surface area contributed by atoms with Crippen molar-refractivity contribution in [2.75, 3.05) is 26.4 Å². The molecule has 17 heavy (non-hydrogen) atoms. The van der Waals surface area contributed by atoms with E-state index < -0.39 is 59.7 Å². The summed E-state index contributed by atoms with van der Waals surface area (Å²) in [6, 6.07) is 0. The van der Waals surface area contributed by atoms with Gasteiger partial charge in [-0.1, -0.05) is 0 Å². The highest BCUT2D eigenvalue weighted by Crippen LogP contribution is 2.26. The summed E-state index contributed by atoms with van der Waals surface area (Å²) in [4.78, 5) is 12.3. The van der Waals surface area contributed by atoms with Crippen LogP contribution in [0.1, 0.15) is 6.42 Å². The summed E-state index contributed by atoms with van der Waals surface area (Å²) in [7, 11) is -4.86. The summed E-state index contributed by atoms with van der Waals surface area (Å²) < 4.78 is 34.1. The van der Waals surface area contributed by atoms with E-state index in [2.05, 4.69) is 0 Å². The zero-order chi connectivity index (χ0) is 13.3. The minimum absolute atomic E-state index is 0.487. The van der Waals surface area contributed by atoms with Crippen LogP contribution in [0, 0.1) is 0 Å². The molecule has 1 atom stereocenters. The monoisotopic (exact) mass is 271 g/mol. The van der Waals surface area contributed by atoms with Gasteiger partial charge >= 0.3 is 10.2 Å². The van der Waals surface area contributed by atoms with Crippen LogP contribution in [0.25, 0.3) is 0 Å². The highest BCUT2D eigenvalue weighted by atomic mass is 32.3. The van der Waals surface area contributed by atoms with Crippen molar-refractivity contribution in [1.82, 2.24) is 4.90 Å². The Hall–Kier alpha value is -0.770. The van der Waals surface area contributed by atoms with Crippen molar-refractivity contribution in [1.29, 1.82) is 0 Å². The average molecular weight is 271 g/mol. The first-order chi connectivity index (χ1) is 7.80. The summed E-state index contributed by atoms with van der Waals surface area (Å²) >= 11 is 0. The molecule has 1 amide bonds. The Labute approximate surface area is 97.7 Å². The van der Waals surface area contributed by atoms with Gasteiger partial charge in [0, 0.05) is 13.0 Å². The van der Waals surface area contributed by atoms with Gasteiger partial charge in [-0.05, 0) is 0 Å². The lowest BCUT2D eigenvalue weighted by atomic mass is 10.0. The molecule has 0 bridgehead atoms. The molecule has 1 fully saturated rings. The standard InChI is InChI=1S/C8H14FNO6S/c9-17(15,16)6-1-7(14)10(2-6)8(3-11,4-12)5-13/h6,11-13H,1-5H2. The van der Waals surface area contributed by atoms with E-state index in [-0.39, 0.29) is 0 Å². The van der Waals surface area contributed by atoms with Crippen molar-refractivity contribution < 1.29 is 32.4 Å². The minimum atomic E-state index is -4.86. The van der Waals surface area contributed by atoms with Crippen LogP contribution in [0.4, 0.5) is 3.89 Å². The number of aliphatic hydroxyl groups is 3. The smallest absolute Gasteiger partial charge is 0.307 e. The predicted molar refractivity (Wildman–Crippen MR) is 54.1 cm³/mol. The fourth-order valence-corrected chi connectivity index (χ4v) is 2.40. The highest BCUT2D eigenvalue weighted by molar-refractivity contribution is 7.87. The molecule has 9 heteroatoms. The van der Waals surface area contributed by atoms with Gasteiger partial charge in [0.15, 0.2) is 0 Å². The second-order valence-corrected chi connectivity index (χ2v) is 5.62. The Bertz CT molecular complexity index is 385. The van der Waals surface area contributed by atoms with Crippen molar-refractivity contribution in [3.8, 4) is 0 Å². The Balaban J connectivity index is 2.98. The maximum Gasteiger partial charge on any atom is 0.307 e. The van der Waals surface area contributed by atoms with E-state index in [1.165, 1.54) is 0 Å². The van der Waals surface area contributed by atoms with Crippen LogP contribution < -0.4 is 0 Å². The molecule has 0 saturated carbocycles. The number of likely N-dealkylation sites (tertiary alicyclic amines) is 1. The first-order valence-electron chi connectivity index (χ1n) is 4.87. The lowest BCUT2D eigenvalue weighted by Gasteiger charge is -2.37. The summed E-state index contributed by atoms with van der Waals surface area (Å²) in [5.74, 6) is -0.728. The average Bonchev–Trinajstić information content (AvgIpc) is 2.65. The topological polar surface area (TPSA) is 115 Å². The fourth-order valence-electron chi connectivity index (χ4n) is 1.73. The molecule has 7 nitrogen and oxygen atoms in total. The molecule has 1 aliphatic heterocycles.